The van der Waals surface area contributed by atoms with Crippen molar-refractivity contribution in [3.63, 3.8) is 0 Å². The minimum Gasteiger partial charge on any atom is -0.493 e. The lowest BCUT2D eigenvalue weighted by Crippen LogP contribution is -2.43. The number of fused-ring (bicyclic) bond motifs is 1. The molecule has 2 aromatic rings. The van der Waals surface area contributed by atoms with Crippen LogP contribution < -0.4 is 10.1 Å². The minimum atomic E-state index is -1.09. The fourth-order valence-corrected chi connectivity index (χ4v) is 3.18. The molecule has 0 spiro atoms. The summed E-state index contributed by atoms with van der Waals surface area (Å²) in [5, 5.41) is 12.1. The van der Waals surface area contributed by atoms with Gasteiger partial charge >= 0.3 is 6.09 Å². The highest BCUT2D eigenvalue weighted by Crippen LogP contribution is 2.44. The zero-order chi connectivity index (χ0) is 17.5. The van der Waals surface area contributed by atoms with E-state index in [1.165, 1.54) is 18.2 Å². The molecule has 126 valence electrons. The van der Waals surface area contributed by atoms with E-state index in [9.17, 15) is 9.18 Å². The summed E-state index contributed by atoms with van der Waals surface area (Å²) >= 11 is 6.16. The molecule has 0 bridgehead atoms. The number of benzene rings is 2. The first-order chi connectivity index (χ1) is 11.3. The van der Waals surface area contributed by atoms with Crippen LogP contribution in [0.3, 0.4) is 0 Å². The SMILES string of the molecule is CC1(C)COc2cc(-c3cc(F)ccc3Cl)ccc2C1NC(=O)O. The molecule has 3 rings (SSSR count). The molecule has 1 atom stereocenters. The second kappa shape index (κ2) is 5.98. The van der Waals surface area contributed by atoms with Crippen LogP contribution in [0.2, 0.25) is 5.02 Å². The molecule has 1 aliphatic heterocycles. The van der Waals surface area contributed by atoms with E-state index in [1.807, 2.05) is 13.8 Å². The average Bonchev–Trinajstić information content (AvgIpc) is 2.52. The number of hydrogen-bond acceptors (Lipinski definition) is 2. The highest BCUT2D eigenvalue weighted by atomic mass is 35.5. The lowest BCUT2D eigenvalue weighted by molar-refractivity contribution is 0.0996. The molecule has 4 nitrogen and oxygen atoms in total. The molecule has 0 fully saturated rings. The van der Waals surface area contributed by atoms with E-state index in [0.29, 0.717) is 28.5 Å². The van der Waals surface area contributed by atoms with E-state index in [1.54, 1.807) is 18.2 Å². The third-order valence-electron chi connectivity index (χ3n) is 4.21. The molecule has 1 amide bonds. The van der Waals surface area contributed by atoms with Gasteiger partial charge in [0, 0.05) is 21.6 Å². The quantitative estimate of drug-likeness (QED) is 0.812. The molecule has 2 N–H and O–H groups in total. The Kier molecular flexibility index (Phi) is 4.13. The molecule has 0 aliphatic carbocycles. The number of halogens is 2. The normalized spacial score (nSPS) is 18.4. The predicted octanol–water partition coefficient (Wildman–Crippen LogP) is 4.87. The summed E-state index contributed by atoms with van der Waals surface area (Å²) < 4.78 is 19.3. The van der Waals surface area contributed by atoms with Gasteiger partial charge in [-0.3, -0.25) is 0 Å². The lowest BCUT2D eigenvalue weighted by Gasteiger charge is -2.39. The summed E-state index contributed by atoms with van der Waals surface area (Å²) in [5.74, 6) is 0.200. The van der Waals surface area contributed by atoms with Gasteiger partial charge in [-0.15, -0.1) is 0 Å². The van der Waals surface area contributed by atoms with Crippen LogP contribution >= 0.6 is 11.6 Å². The fraction of sp³-hybridized carbons (Fsp3) is 0.278. The van der Waals surface area contributed by atoms with Crippen molar-refractivity contribution >= 4 is 17.7 Å². The van der Waals surface area contributed by atoms with E-state index in [0.717, 1.165) is 5.56 Å². The maximum absolute atomic E-state index is 13.5. The maximum Gasteiger partial charge on any atom is 0.405 e. The van der Waals surface area contributed by atoms with Gasteiger partial charge in [-0.25, -0.2) is 9.18 Å². The number of rotatable bonds is 2. The molecule has 24 heavy (non-hydrogen) atoms. The molecule has 0 radical (unpaired) electrons. The van der Waals surface area contributed by atoms with Crippen molar-refractivity contribution in [3.05, 3.63) is 52.8 Å². The van der Waals surface area contributed by atoms with Gasteiger partial charge in [0.05, 0.1) is 12.6 Å². The predicted molar refractivity (Wildman–Crippen MR) is 90.0 cm³/mol. The number of carboxylic acid groups (broad SMARTS) is 1. The van der Waals surface area contributed by atoms with Crippen molar-refractivity contribution in [1.29, 1.82) is 0 Å². The van der Waals surface area contributed by atoms with Gasteiger partial charge in [0.15, 0.2) is 0 Å². The lowest BCUT2D eigenvalue weighted by atomic mass is 9.78. The van der Waals surface area contributed by atoms with Crippen molar-refractivity contribution < 1.29 is 19.0 Å². The molecule has 2 aromatic carbocycles. The van der Waals surface area contributed by atoms with Crippen molar-refractivity contribution in [3.8, 4) is 16.9 Å². The summed E-state index contributed by atoms with van der Waals surface area (Å²) in [4.78, 5) is 11.1. The smallest absolute Gasteiger partial charge is 0.405 e. The van der Waals surface area contributed by atoms with Gasteiger partial charge in [0.25, 0.3) is 0 Å². The number of amides is 1. The van der Waals surface area contributed by atoms with Crippen molar-refractivity contribution in [2.24, 2.45) is 5.41 Å². The van der Waals surface area contributed by atoms with Crippen molar-refractivity contribution in [1.82, 2.24) is 5.32 Å². The van der Waals surface area contributed by atoms with Gasteiger partial charge in [0.1, 0.15) is 11.6 Å². The Morgan fingerprint density at radius 2 is 2.08 bits per heavy atom. The number of hydrogen-bond donors (Lipinski definition) is 2. The van der Waals surface area contributed by atoms with Crippen LogP contribution in [-0.2, 0) is 0 Å². The van der Waals surface area contributed by atoms with E-state index in [2.05, 4.69) is 5.32 Å². The van der Waals surface area contributed by atoms with Crippen LogP contribution in [0.15, 0.2) is 36.4 Å². The molecule has 0 saturated heterocycles. The van der Waals surface area contributed by atoms with Crippen molar-refractivity contribution in [2.45, 2.75) is 19.9 Å². The second-order valence-corrected chi connectivity index (χ2v) is 6.94. The topological polar surface area (TPSA) is 58.6 Å². The first-order valence-electron chi connectivity index (χ1n) is 7.49. The van der Waals surface area contributed by atoms with Gasteiger partial charge in [-0.2, -0.15) is 0 Å². The van der Waals surface area contributed by atoms with E-state index < -0.39 is 12.1 Å². The summed E-state index contributed by atoms with van der Waals surface area (Å²) in [6.07, 6.45) is -1.09. The highest BCUT2D eigenvalue weighted by molar-refractivity contribution is 6.33. The van der Waals surface area contributed by atoms with E-state index >= 15 is 0 Å². The van der Waals surface area contributed by atoms with Crippen LogP contribution in [0, 0.1) is 11.2 Å². The standard InChI is InChI=1S/C18H17ClFNO3/c1-18(2)9-24-15-7-10(13-8-11(20)4-6-14(13)19)3-5-12(15)16(18)21-17(22)23/h3-8,16,21H,9H2,1-2H3,(H,22,23). The highest BCUT2D eigenvalue weighted by Gasteiger charge is 2.38. The Balaban J connectivity index is 2.06. The molecular weight excluding hydrogens is 333 g/mol. The van der Waals surface area contributed by atoms with Crippen LogP contribution in [-0.4, -0.2) is 17.8 Å². The third kappa shape index (κ3) is 3.04. The van der Waals surface area contributed by atoms with Gasteiger partial charge in [0.2, 0.25) is 0 Å². The monoisotopic (exact) mass is 349 g/mol. The first kappa shape index (κ1) is 16.6. The Labute approximate surface area is 144 Å². The molecular formula is C18H17ClFNO3. The third-order valence-corrected chi connectivity index (χ3v) is 4.54. The largest absolute Gasteiger partial charge is 0.493 e. The van der Waals surface area contributed by atoms with Crippen LogP contribution in [0.5, 0.6) is 5.75 Å². The molecule has 0 aromatic heterocycles. The summed E-state index contributed by atoms with van der Waals surface area (Å²) in [6, 6.07) is 9.14. The van der Waals surface area contributed by atoms with E-state index in [-0.39, 0.29) is 11.2 Å². The van der Waals surface area contributed by atoms with Crippen LogP contribution in [0.4, 0.5) is 9.18 Å². The number of nitrogens with one attached hydrogen (secondary N) is 1. The molecule has 6 heteroatoms. The molecule has 0 saturated carbocycles. The Morgan fingerprint density at radius 1 is 1.33 bits per heavy atom. The molecule has 1 aliphatic rings. The first-order valence-corrected chi connectivity index (χ1v) is 7.87. The summed E-state index contributed by atoms with van der Waals surface area (Å²) in [6.45, 7) is 4.24. The fourth-order valence-electron chi connectivity index (χ4n) is 2.95. The average molecular weight is 350 g/mol. The number of ether oxygens (including phenoxy) is 1. The Morgan fingerprint density at radius 3 is 2.79 bits per heavy atom. The van der Waals surface area contributed by atoms with Crippen LogP contribution in [0.25, 0.3) is 11.1 Å². The zero-order valence-electron chi connectivity index (χ0n) is 13.3. The van der Waals surface area contributed by atoms with Crippen molar-refractivity contribution in [2.75, 3.05) is 6.61 Å². The summed E-state index contributed by atoms with van der Waals surface area (Å²) in [7, 11) is 0. The molecule has 1 unspecified atom stereocenters. The maximum atomic E-state index is 13.5. The molecule has 1 heterocycles. The van der Waals surface area contributed by atoms with Gasteiger partial charge in [-0.05, 0) is 29.8 Å². The Bertz CT molecular complexity index is 807. The minimum absolute atomic E-state index is 0.366. The van der Waals surface area contributed by atoms with Gasteiger partial charge in [-0.1, -0.05) is 37.6 Å². The van der Waals surface area contributed by atoms with E-state index in [4.69, 9.17) is 21.4 Å². The summed E-state index contributed by atoms with van der Waals surface area (Å²) in [5.41, 5.74) is 1.65. The Hall–Kier alpha value is -2.27. The van der Waals surface area contributed by atoms with Crippen LogP contribution in [0.1, 0.15) is 25.5 Å². The van der Waals surface area contributed by atoms with Gasteiger partial charge < -0.3 is 15.2 Å². The zero-order valence-corrected chi connectivity index (χ0v) is 14.0. The second-order valence-electron chi connectivity index (χ2n) is 6.54. The number of carbonyl (C=O) groups is 1.